The van der Waals surface area contributed by atoms with Crippen molar-refractivity contribution < 1.29 is 22.9 Å². The van der Waals surface area contributed by atoms with Gasteiger partial charge in [0, 0.05) is 6.42 Å². The van der Waals surface area contributed by atoms with Crippen LogP contribution in [0.2, 0.25) is 0 Å². The van der Waals surface area contributed by atoms with Gasteiger partial charge in [-0.05, 0) is 23.3 Å². The van der Waals surface area contributed by atoms with Crippen LogP contribution in [0.1, 0.15) is 17.2 Å². The highest BCUT2D eigenvalue weighted by molar-refractivity contribution is 7.85. The van der Waals surface area contributed by atoms with Gasteiger partial charge in [0.25, 0.3) is 10.1 Å². The molecule has 15 heavy (non-hydrogen) atoms. The summed E-state index contributed by atoms with van der Waals surface area (Å²) in [5.74, 6) is -0.363. The first-order chi connectivity index (χ1) is 6.89. The molecule has 1 unspecified atom stereocenters. The molecule has 2 N–H and O–H groups in total. The van der Waals surface area contributed by atoms with Crippen LogP contribution in [0.4, 0.5) is 0 Å². The summed E-state index contributed by atoms with van der Waals surface area (Å²) in [5.41, 5.74) is 0.857. The molecule has 1 aliphatic carbocycles. The van der Waals surface area contributed by atoms with E-state index in [1.165, 1.54) is 12.1 Å². The average molecular weight is 228 g/mol. The number of carbonyl (C=O) groups is 1. The van der Waals surface area contributed by atoms with Crippen molar-refractivity contribution in [2.24, 2.45) is 0 Å². The fourth-order valence-electron chi connectivity index (χ4n) is 1.62. The highest BCUT2D eigenvalue weighted by Crippen LogP contribution is 2.29. The number of aliphatic hydroxyl groups is 1. The summed E-state index contributed by atoms with van der Waals surface area (Å²) in [6, 6.07) is 3.71. The topological polar surface area (TPSA) is 91.7 Å². The largest absolute Gasteiger partial charge is 0.381 e. The molecule has 0 aliphatic heterocycles. The smallest absolute Gasteiger partial charge is 0.294 e. The molecule has 0 fully saturated rings. The van der Waals surface area contributed by atoms with E-state index in [9.17, 15) is 18.3 Å². The highest BCUT2D eigenvalue weighted by Gasteiger charge is 2.29. The molecule has 0 heterocycles. The van der Waals surface area contributed by atoms with Crippen LogP contribution in [0.5, 0.6) is 0 Å². The molecule has 0 saturated heterocycles. The first-order valence-corrected chi connectivity index (χ1v) is 5.64. The van der Waals surface area contributed by atoms with Gasteiger partial charge in [0.15, 0.2) is 5.78 Å². The quantitative estimate of drug-likeness (QED) is 0.665. The molecule has 1 atom stereocenters. The van der Waals surface area contributed by atoms with Gasteiger partial charge in [-0.15, -0.1) is 0 Å². The van der Waals surface area contributed by atoms with Crippen molar-refractivity contribution in [2.75, 3.05) is 0 Å². The zero-order valence-corrected chi connectivity index (χ0v) is 8.36. The van der Waals surface area contributed by atoms with Gasteiger partial charge in [-0.25, -0.2) is 0 Å². The third-order valence-corrected chi connectivity index (χ3v) is 3.23. The van der Waals surface area contributed by atoms with Crippen molar-refractivity contribution in [1.82, 2.24) is 0 Å². The summed E-state index contributed by atoms with van der Waals surface area (Å²) in [7, 11) is -4.25. The molecule has 0 bridgehead atoms. The number of hydrogen-bond donors (Lipinski definition) is 2. The minimum Gasteiger partial charge on any atom is -0.381 e. The van der Waals surface area contributed by atoms with Crippen LogP contribution in [-0.2, 0) is 21.3 Å². The SMILES string of the molecule is O=C1Cc2cc(S(=O)(=O)O)ccc2C1O. The van der Waals surface area contributed by atoms with Crippen LogP contribution in [0.25, 0.3) is 0 Å². The van der Waals surface area contributed by atoms with E-state index in [1.807, 2.05) is 0 Å². The highest BCUT2D eigenvalue weighted by atomic mass is 32.2. The van der Waals surface area contributed by atoms with Crippen molar-refractivity contribution in [3.63, 3.8) is 0 Å². The van der Waals surface area contributed by atoms with E-state index in [0.717, 1.165) is 6.07 Å². The zero-order chi connectivity index (χ0) is 11.2. The number of benzene rings is 1. The van der Waals surface area contributed by atoms with Gasteiger partial charge in [0.1, 0.15) is 6.10 Å². The van der Waals surface area contributed by atoms with Gasteiger partial charge in [-0.2, -0.15) is 8.42 Å². The Bertz CT molecular complexity index is 531. The molecule has 0 radical (unpaired) electrons. The van der Waals surface area contributed by atoms with Crippen LogP contribution in [0.3, 0.4) is 0 Å². The van der Waals surface area contributed by atoms with Crippen LogP contribution in [-0.4, -0.2) is 23.9 Å². The van der Waals surface area contributed by atoms with Gasteiger partial charge in [0.05, 0.1) is 4.90 Å². The van der Waals surface area contributed by atoms with E-state index in [0.29, 0.717) is 11.1 Å². The van der Waals surface area contributed by atoms with E-state index in [2.05, 4.69) is 0 Å². The Balaban J connectivity index is 2.56. The van der Waals surface area contributed by atoms with Crippen LogP contribution in [0.15, 0.2) is 23.1 Å². The molecule has 0 aromatic heterocycles. The second kappa shape index (κ2) is 3.13. The first-order valence-electron chi connectivity index (χ1n) is 4.20. The molecule has 6 heteroatoms. The minimum atomic E-state index is -4.25. The Hall–Kier alpha value is -1.24. The first kappa shape index (κ1) is 10.3. The molecule has 80 valence electrons. The van der Waals surface area contributed by atoms with Crippen LogP contribution in [0, 0.1) is 0 Å². The lowest BCUT2D eigenvalue weighted by molar-refractivity contribution is -0.125. The number of hydrogen-bond acceptors (Lipinski definition) is 4. The van der Waals surface area contributed by atoms with E-state index in [1.54, 1.807) is 0 Å². The number of rotatable bonds is 1. The minimum absolute atomic E-state index is 0.000139. The van der Waals surface area contributed by atoms with E-state index in [-0.39, 0.29) is 17.1 Å². The lowest BCUT2D eigenvalue weighted by Gasteiger charge is -2.03. The number of fused-ring (bicyclic) bond motifs is 1. The van der Waals surface area contributed by atoms with Gasteiger partial charge in [-0.1, -0.05) is 6.07 Å². The standard InChI is InChI=1S/C9H8O5S/c10-8-4-5-3-6(15(12,13)14)1-2-7(5)9(8)11/h1-3,9,11H,4H2,(H,12,13,14). The van der Waals surface area contributed by atoms with Gasteiger partial charge >= 0.3 is 0 Å². The fraction of sp³-hybridized carbons (Fsp3) is 0.222. The van der Waals surface area contributed by atoms with Crippen molar-refractivity contribution in [3.8, 4) is 0 Å². The summed E-state index contributed by atoms with van der Waals surface area (Å²) in [4.78, 5) is 10.9. The predicted octanol–water partition coefficient (Wildman–Crippen LogP) is 0.0919. The second-order valence-corrected chi connectivity index (χ2v) is 4.80. The van der Waals surface area contributed by atoms with Crippen molar-refractivity contribution >= 4 is 15.9 Å². The summed E-state index contributed by atoms with van der Waals surface area (Å²) < 4.78 is 30.4. The molecular weight excluding hydrogens is 220 g/mol. The monoisotopic (exact) mass is 228 g/mol. The third-order valence-electron chi connectivity index (χ3n) is 2.38. The summed E-state index contributed by atoms with van der Waals surface area (Å²) in [6.07, 6.45) is -1.17. The zero-order valence-electron chi connectivity index (χ0n) is 7.54. The van der Waals surface area contributed by atoms with Crippen molar-refractivity contribution in [3.05, 3.63) is 29.3 Å². The number of ketones is 1. The molecule has 1 aromatic rings. The maximum absolute atomic E-state index is 11.1. The molecule has 1 aromatic carbocycles. The van der Waals surface area contributed by atoms with Gasteiger partial charge in [0.2, 0.25) is 0 Å². The van der Waals surface area contributed by atoms with Gasteiger partial charge in [-0.3, -0.25) is 9.35 Å². The van der Waals surface area contributed by atoms with E-state index >= 15 is 0 Å². The van der Waals surface area contributed by atoms with Crippen molar-refractivity contribution in [2.45, 2.75) is 17.4 Å². The number of carbonyl (C=O) groups excluding carboxylic acids is 1. The second-order valence-electron chi connectivity index (χ2n) is 3.38. The Morgan fingerprint density at radius 2 is 2.00 bits per heavy atom. The van der Waals surface area contributed by atoms with E-state index < -0.39 is 16.2 Å². The van der Waals surface area contributed by atoms with Crippen LogP contribution >= 0.6 is 0 Å². The average Bonchev–Trinajstić information content (AvgIpc) is 2.41. The molecule has 5 nitrogen and oxygen atoms in total. The summed E-state index contributed by atoms with van der Waals surface area (Å²) in [5, 5.41) is 9.38. The molecule has 0 spiro atoms. The Labute approximate surface area is 86.1 Å². The number of aliphatic hydroxyl groups excluding tert-OH is 1. The molecular formula is C9H8O5S. The molecule has 1 aliphatic rings. The maximum atomic E-state index is 11.1. The lowest BCUT2D eigenvalue weighted by atomic mass is 10.1. The predicted molar refractivity (Wildman–Crippen MR) is 49.9 cm³/mol. The third kappa shape index (κ3) is 1.67. The fourth-order valence-corrected chi connectivity index (χ4v) is 2.15. The Kier molecular flexibility index (Phi) is 2.14. The molecule has 0 amide bonds. The summed E-state index contributed by atoms with van der Waals surface area (Å²) >= 11 is 0. The van der Waals surface area contributed by atoms with Crippen molar-refractivity contribution in [1.29, 1.82) is 0 Å². The number of Topliss-reactive ketones (excluding diaryl/α,β-unsaturated/α-hetero) is 1. The Morgan fingerprint density at radius 3 is 2.60 bits per heavy atom. The molecule has 0 saturated carbocycles. The maximum Gasteiger partial charge on any atom is 0.294 e. The Morgan fingerprint density at radius 1 is 1.33 bits per heavy atom. The van der Waals surface area contributed by atoms with E-state index in [4.69, 9.17) is 4.55 Å². The van der Waals surface area contributed by atoms with Gasteiger partial charge < -0.3 is 5.11 Å². The summed E-state index contributed by atoms with van der Waals surface area (Å²) in [6.45, 7) is 0. The molecule has 2 rings (SSSR count). The lowest BCUT2D eigenvalue weighted by Crippen LogP contribution is -2.03. The van der Waals surface area contributed by atoms with Crippen LogP contribution < -0.4 is 0 Å². The normalized spacial score (nSPS) is 20.4.